The van der Waals surface area contributed by atoms with Crippen molar-refractivity contribution in [2.24, 2.45) is 21.4 Å². The molecule has 0 aliphatic rings. The molecule has 0 saturated carbocycles. The Morgan fingerprint density at radius 3 is 2.60 bits per heavy atom. The molecule has 0 heterocycles. The highest BCUT2D eigenvalue weighted by Crippen LogP contribution is 1.68. The van der Waals surface area contributed by atoms with Gasteiger partial charge in [0.2, 0.25) is 0 Å². The number of hydrogen-bond donors (Lipinski definition) is 2. The summed E-state index contributed by atoms with van der Waals surface area (Å²) in [4.78, 5) is 9.54. The monoisotopic (exact) mass is 145 g/mol. The molecule has 0 bridgehead atoms. The topological polar surface area (TPSA) is 92.2 Å². The second-order valence-corrected chi connectivity index (χ2v) is 1.58. The van der Waals surface area contributed by atoms with E-state index in [1.807, 2.05) is 0 Å². The van der Waals surface area contributed by atoms with Gasteiger partial charge in [-0.3, -0.25) is 0 Å². The van der Waals surface area contributed by atoms with Gasteiger partial charge in [0.1, 0.15) is 0 Å². The Morgan fingerprint density at radius 1 is 1.30 bits per heavy atom. The summed E-state index contributed by atoms with van der Waals surface area (Å²) < 4.78 is 0. The predicted octanol–water partition coefficient (Wildman–Crippen LogP) is -0.332. The summed E-state index contributed by atoms with van der Waals surface area (Å²) in [6.07, 6.45) is 0. The molecule has 0 radical (unpaired) electrons. The lowest BCUT2D eigenvalue weighted by atomic mass is 10.6. The molecule has 0 aliphatic heterocycles. The van der Waals surface area contributed by atoms with Gasteiger partial charge in [0, 0.05) is 13.1 Å². The number of nitrogens with zero attached hydrogens (tertiary/aromatic N) is 3. The highest BCUT2D eigenvalue weighted by atomic mass is 16.3. The van der Waals surface area contributed by atoms with Crippen LogP contribution in [-0.4, -0.2) is 26.2 Å². The smallest absolute Gasteiger partial charge is 0.0935 e. The largest absolute Gasteiger partial charge is 0.313 e. The van der Waals surface area contributed by atoms with Gasteiger partial charge in [-0.2, -0.15) is 10.0 Å². The molecule has 0 saturated heterocycles. The minimum atomic E-state index is 0.291. The van der Waals surface area contributed by atoms with Crippen molar-refractivity contribution in [3.63, 3.8) is 0 Å². The highest BCUT2D eigenvalue weighted by Gasteiger charge is 1.83. The molecular formula is C4H11N5O. The summed E-state index contributed by atoms with van der Waals surface area (Å²) in [7, 11) is 0. The number of rotatable bonds is 6. The third kappa shape index (κ3) is 6.96. The third-order valence-corrected chi connectivity index (χ3v) is 0.850. The van der Waals surface area contributed by atoms with Gasteiger partial charge in [0.25, 0.3) is 0 Å². The molecule has 10 heavy (non-hydrogen) atoms. The van der Waals surface area contributed by atoms with Crippen LogP contribution in [0.4, 0.5) is 0 Å². The molecule has 3 N–H and O–H groups in total. The van der Waals surface area contributed by atoms with Crippen LogP contribution < -0.4 is 11.2 Å². The molecule has 6 nitrogen and oxygen atoms in total. The van der Waals surface area contributed by atoms with Gasteiger partial charge in [-0.05, 0) is 0 Å². The van der Waals surface area contributed by atoms with E-state index in [2.05, 4.69) is 20.8 Å². The zero-order valence-electron chi connectivity index (χ0n) is 5.66. The molecule has 0 aliphatic carbocycles. The lowest BCUT2D eigenvalue weighted by molar-refractivity contribution is 0.681. The zero-order valence-corrected chi connectivity index (χ0v) is 5.66. The molecule has 0 amide bonds. The van der Waals surface area contributed by atoms with Crippen LogP contribution in [0.3, 0.4) is 0 Å². The van der Waals surface area contributed by atoms with Crippen molar-refractivity contribution in [1.29, 1.82) is 0 Å². The van der Waals surface area contributed by atoms with E-state index in [0.717, 1.165) is 0 Å². The Bertz CT molecular complexity index is 104. The van der Waals surface area contributed by atoms with Crippen molar-refractivity contribution >= 4 is 0 Å². The van der Waals surface area contributed by atoms with E-state index in [9.17, 15) is 4.91 Å². The summed E-state index contributed by atoms with van der Waals surface area (Å²) in [6.45, 7) is 2.09. The van der Waals surface area contributed by atoms with Crippen LogP contribution in [0.1, 0.15) is 0 Å². The number of nitroso groups, excluding NO2 is 1. The number of nitrogens with one attached hydrogen (secondary N) is 1. The Hall–Kier alpha value is -1.04. The minimum absolute atomic E-state index is 0.291. The van der Waals surface area contributed by atoms with Gasteiger partial charge in [0.15, 0.2) is 0 Å². The Kier molecular flexibility index (Phi) is 7.13. The normalized spacial score (nSPS) is 10.4. The highest BCUT2D eigenvalue weighted by molar-refractivity contribution is 4.50. The van der Waals surface area contributed by atoms with Crippen LogP contribution in [0.15, 0.2) is 15.5 Å². The van der Waals surface area contributed by atoms with Crippen LogP contribution in [-0.2, 0) is 0 Å². The molecule has 0 aromatic heterocycles. The van der Waals surface area contributed by atoms with E-state index < -0.39 is 0 Å². The van der Waals surface area contributed by atoms with Crippen LogP contribution in [0.5, 0.6) is 0 Å². The third-order valence-electron chi connectivity index (χ3n) is 0.850. The van der Waals surface area contributed by atoms with Gasteiger partial charge < -0.3 is 11.2 Å². The molecule has 0 fully saturated rings. The molecule has 58 valence electrons. The lowest BCUT2D eigenvalue weighted by Crippen LogP contribution is -2.20. The van der Waals surface area contributed by atoms with Crippen molar-refractivity contribution in [2.45, 2.75) is 0 Å². The van der Waals surface area contributed by atoms with E-state index in [4.69, 9.17) is 5.84 Å². The molecule has 0 aromatic rings. The maximum absolute atomic E-state index is 9.54. The Labute approximate surface area is 58.8 Å². The van der Waals surface area contributed by atoms with E-state index in [0.29, 0.717) is 26.2 Å². The van der Waals surface area contributed by atoms with Crippen LogP contribution >= 0.6 is 0 Å². The molecule has 0 unspecified atom stereocenters. The molecule has 0 aromatic carbocycles. The fourth-order valence-electron chi connectivity index (χ4n) is 0.436. The first-order valence-electron chi connectivity index (χ1n) is 2.98. The average molecular weight is 145 g/mol. The zero-order chi connectivity index (χ0) is 7.66. The van der Waals surface area contributed by atoms with Crippen molar-refractivity contribution < 1.29 is 0 Å². The maximum Gasteiger partial charge on any atom is 0.0935 e. The van der Waals surface area contributed by atoms with Gasteiger partial charge in [-0.15, -0.1) is 0 Å². The van der Waals surface area contributed by atoms with Crippen molar-refractivity contribution in [3.05, 3.63) is 4.91 Å². The average Bonchev–Trinajstić information content (AvgIpc) is 1.97. The second-order valence-electron chi connectivity index (χ2n) is 1.58. The van der Waals surface area contributed by atoms with Crippen molar-refractivity contribution in [3.8, 4) is 0 Å². The van der Waals surface area contributed by atoms with Crippen molar-refractivity contribution in [2.75, 3.05) is 26.2 Å². The quantitative estimate of drug-likeness (QED) is 0.176. The van der Waals surface area contributed by atoms with E-state index in [-0.39, 0.29) is 0 Å². The van der Waals surface area contributed by atoms with E-state index in [1.54, 1.807) is 0 Å². The fraction of sp³-hybridized carbons (Fsp3) is 1.00. The van der Waals surface area contributed by atoms with Gasteiger partial charge >= 0.3 is 0 Å². The van der Waals surface area contributed by atoms with E-state index in [1.165, 1.54) is 0 Å². The second kappa shape index (κ2) is 7.96. The summed E-state index contributed by atoms with van der Waals surface area (Å²) in [6, 6.07) is 0. The van der Waals surface area contributed by atoms with Crippen molar-refractivity contribution in [1.82, 2.24) is 5.32 Å². The first-order valence-corrected chi connectivity index (χ1v) is 2.98. The van der Waals surface area contributed by atoms with Gasteiger partial charge in [0.05, 0.1) is 13.1 Å². The Morgan fingerprint density at radius 2 is 2.00 bits per heavy atom. The number of nitrogens with two attached hydrogens (primary N) is 1. The lowest BCUT2D eigenvalue weighted by Gasteiger charge is -1.95. The minimum Gasteiger partial charge on any atom is -0.313 e. The molecule has 0 atom stereocenters. The maximum atomic E-state index is 9.54. The summed E-state index contributed by atoms with van der Waals surface area (Å²) >= 11 is 0. The fourth-order valence-corrected chi connectivity index (χ4v) is 0.436. The SMILES string of the molecule is NN=NCCNCCN=O. The summed E-state index contributed by atoms with van der Waals surface area (Å²) in [5.74, 6) is 4.73. The Balaban J connectivity index is 2.83. The summed E-state index contributed by atoms with van der Waals surface area (Å²) in [5, 5.41) is 12.1. The van der Waals surface area contributed by atoms with Gasteiger partial charge in [-0.25, -0.2) is 0 Å². The van der Waals surface area contributed by atoms with Crippen LogP contribution in [0.2, 0.25) is 0 Å². The molecule has 6 heteroatoms. The molecule has 0 spiro atoms. The number of hydrogen-bond acceptors (Lipinski definition) is 5. The first-order chi connectivity index (χ1) is 4.91. The summed E-state index contributed by atoms with van der Waals surface area (Å²) in [5.41, 5.74) is 0. The molecular weight excluding hydrogens is 134 g/mol. The standard InChI is InChI=1S/C4H11N5O/c5-9-7-3-1-6-2-4-8-10/h6H,1-4H2,(H2,5,7). The van der Waals surface area contributed by atoms with E-state index >= 15 is 0 Å². The van der Waals surface area contributed by atoms with Gasteiger partial charge in [-0.1, -0.05) is 10.4 Å². The van der Waals surface area contributed by atoms with Crippen LogP contribution in [0.25, 0.3) is 0 Å². The first kappa shape index (κ1) is 8.96. The van der Waals surface area contributed by atoms with Crippen LogP contribution in [0, 0.1) is 4.91 Å². The predicted molar refractivity (Wildman–Crippen MR) is 37.4 cm³/mol. The molecule has 0 rings (SSSR count).